The van der Waals surface area contributed by atoms with E-state index < -0.39 is 0 Å². The molecule has 1 aliphatic carbocycles. The van der Waals surface area contributed by atoms with E-state index in [1.807, 2.05) is 6.20 Å². The molecule has 0 radical (unpaired) electrons. The van der Waals surface area contributed by atoms with E-state index in [2.05, 4.69) is 69.7 Å². The van der Waals surface area contributed by atoms with E-state index in [9.17, 15) is 0 Å². The summed E-state index contributed by atoms with van der Waals surface area (Å²) in [4.78, 5) is 17.5. The lowest BCUT2D eigenvalue weighted by Crippen LogP contribution is -2.41. The number of anilines is 1. The van der Waals surface area contributed by atoms with Gasteiger partial charge in [0.1, 0.15) is 11.5 Å². The molecule has 3 aliphatic rings. The smallest absolute Gasteiger partial charge is 0.138 e. The molecule has 2 fully saturated rings. The SMILES string of the molecule is CN(C)CC1CCN(c2cccc3nc(CN4CCC[C@H]5CCc6cccnc6[C@H]54)cn23)CC1. The van der Waals surface area contributed by atoms with Crippen LogP contribution in [0.25, 0.3) is 5.65 Å². The Morgan fingerprint density at radius 1 is 1.00 bits per heavy atom. The second kappa shape index (κ2) is 9.31. The Kier molecular flexibility index (Phi) is 6.04. The van der Waals surface area contributed by atoms with Crippen molar-refractivity contribution >= 4 is 11.5 Å². The number of hydrogen-bond donors (Lipinski definition) is 0. The molecule has 0 saturated carbocycles. The standard InChI is InChI=1S/C28H38N6/c1-31(2)18-21-12-16-32(17-13-21)26-9-3-8-25-30-24(20-34(25)26)19-33-15-5-7-23-11-10-22-6-4-14-29-27(22)28(23)33/h3-4,6,8-9,14,20-21,23,28H,5,7,10-13,15-19H2,1-2H3/t23-,28-/m0/s1. The topological polar surface area (TPSA) is 39.9 Å². The number of imidazole rings is 1. The second-order valence-electron chi connectivity index (χ2n) is 10.9. The maximum absolute atomic E-state index is 5.08. The van der Waals surface area contributed by atoms with Gasteiger partial charge in [0.05, 0.1) is 17.4 Å². The van der Waals surface area contributed by atoms with E-state index in [1.54, 1.807) is 0 Å². The number of aromatic nitrogens is 3. The first-order valence-corrected chi connectivity index (χ1v) is 13.2. The van der Waals surface area contributed by atoms with Crippen molar-refractivity contribution in [1.29, 1.82) is 0 Å². The van der Waals surface area contributed by atoms with E-state index in [4.69, 9.17) is 9.97 Å². The van der Waals surface area contributed by atoms with Crippen molar-refractivity contribution in [3.63, 3.8) is 0 Å². The Morgan fingerprint density at radius 2 is 1.88 bits per heavy atom. The molecule has 6 nitrogen and oxygen atoms in total. The average molecular weight is 459 g/mol. The summed E-state index contributed by atoms with van der Waals surface area (Å²) in [6.07, 6.45) is 11.9. The largest absolute Gasteiger partial charge is 0.358 e. The first kappa shape index (κ1) is 22.1. The first-order valence-electron chi connectivity index (χ1n) is 13.2. The fraction of sp³-hybridized carbons (Fsp3) is 0.571. The van der Waals surface area contributed by atoms with E-state index >= 15 is 0 Å². The lowest BCUT2D eigenvalue weighted by Gasteiger charge is -2.44. The van der Waals surface area contributed by atoms with Crippen LogP contribution in [0.5, 0.6) is 0 Å². The molecule has 0 N–H and O–H groups in total. The van der Waals surface area contributed by atoms with Crippen molar-refractivity contribution in [2.24, 2.45) is 11.8 Å². The van der Waals surface area contributed by atoms with Crippen LogP contribution in [0.2, 0.25) is 0 Å². The van der Waals surface area contributed by atoms with Crippen molar-refractivity contribution in [2.75, 3.05) is 45.2 Å². The molecule has 0 unspecified atom stereocenters. The van der Waals surface area contributed by atoms with Gasteiger partial charge >= 0.3 is 0 Å². The molecular formula is C28H38N6. The lowest BCUT2D eigenvalue weighted by atomic mass is 9.77. The highest BCUT2D eigenvalue weighted by Gasteiger charge is 2.37. The molecule has 6 rings (SSSR count). The molecule has 2 aliphatic heterocycles. The van der Waals surface area contributed by atoms with Gasteiger partial charge in [-0.1, -0.05) is 12.1 Å². The van der Waals surface area contributed by atoms with Crippen molar-refractivity contribution < 1.29 is 0 Å². The van der Waals surface area contributed by atoms with Gasteiger partial charge in [0.25, 0.3) is 0 Å². The minimum atomic E-state index is 0.443. The van der Waals surface area contributed by atoms with Crippen molar-refractivity contribution in [3.8, 4) is 0 Å². The minimum absolute atomic E-state index is 0.443. The predicted molar refractivity (Wildman–Crippen MR) is 137 cm³/mol. The average Bonchev–Trinajstić information content (AvgIpc) is 3.27. The third-order valence-corrected chi connectivity index (χ3v) is 8.30. The molecule has 6 heteroatoms. The van der Waals surface area contributed by atoms with Crippen LogP contribution in [0.4, 0.5) is 5.82 Å². The molecule has 2 atom stereocenters. The van der Waals surface area contributed by atoms with E-state index in [1.165, 1.54) is 67.8 Å². The quantitative estimate of drug-likeness (QED) is 0.567. The maximum atomic E-state index is 5.08. The third kappa shape index (κ3) is 4.22. The van der Waals surface area contributed by atoms with E-state index in [0.29, 0.717) is 6.04 Å². The highest BCUT2D eigenvalue weighted by atomic mass is 15.2. The summed E-state index contributed by atoms with van der Waals surface area (Å²) in [6.45, 7) is 5.50. The molecule has 180 valence electrons. The summed E-state index contributed by atoms with van der Waals surface area (Å²) in [5, 5.41) is 0. The summed E-state index contributed by atoms with van der Waals surface area (Å²) in [6, 6.07) is 11.4. The number of likely N-dealkylation sites (tertiary alicyclic amines) is 1. The van der Waals surface area contributed by atoms with Crippen LogP contribution < -0.4 is 4.90 Å². The molecule has 0 spiro atoms. The van der Waals surface area contributed by atoms with Crippen molar-refractivity contribution in [1.82, 2.24) is 24.2 Å². The van der Waals surface area contributed by atoms with Crippen LogP contribution in [-0.2, 0) is 13.0 Å². The molecule has 0 bridgehead atoms. The summed E-state index contributed by atoms with van der Waals surface area (Å²) >= 11 is 0. The number of aryl methyl sites for hydroxylation is 1. The van der Waals surface area contributed by atoms with Crippen LogP contribution in [0, 0.1) is 11.8 Å². The van der Waals surface area contributed by atoms with Crippen LogP contribution >= 0.6 is 0 Å². The Hall–Kier alpha value is -2.44. The van der Waals surface area contributed by atoms with Gasteiger partial charge in [0.2, 0.25) is 0 Å². The van der Waals surface area contributed by atoms with Crippen molar-refractivity contribution in [2.45, 2.75) is 51.1 Å². The normalized spacial score (nSPS) is 23.9. The molecule has 2 saturated heterocycles. The zero-order valence-corrected chi connectivity index (χ0v) is 20.7. The van der Waals surface area contributed by atoms with E-state index in [0.717, 1.165) is 43.7 Å². The van der Waals surface area contributed by atoms with Gasteiger partial charge in [0, 0.05) is 38.6 Å². The third-order valence-electron chi connectivity index (χ3n) is 8.30. The Morgan fingerprint density at radius 3 is 2.74 bits per heavy atom. The van der Waals surface area contributed by atoms with Gasteiger partial charge in [-0.05, 0) is 94.8 Å². The first-order chi connectivity index (χ1) is 16.7. The molecule has 0 amide bonds. The zero-order chi connectivity index (χ0) is 23.1. The number of hydrogen-bond acceptors (Lipinski definition) is 5. The van der Waals surface area contributed by atoms with E-state index in [-0.39, 0.29) is 0 Å². The number of fused-ring (bicyclic) bond motifs is 4. The predicted octanol–water partition coefficient (Wildman–Crippen LogP) is 4.41. The van der Waals surface area contributed by atoms with Crippen LogP contribution in [0.3, 0.4) is 0 Å². The summed E-state index contributed by atoms with van der Waals surface area (Å²) in [5.74, 6) is 2.83. The highest BCUT2D eigenvalue weighted by Crippen LogP contribution is 2.43. The maximum Gasteiger partial charge on any atom is 0.138 e. The summed E-state index contributed by atoms with van der Waals surface area (Å²) in [5.41, 5.74) is 5.02. The van der Waals surface area contributed by atoms with Crippen LogP contribution in [0.15, 0.2) is 42.7 Å². The van der Waals surface area contributed by atoms with Gasteiger partial charge in [-0.25, -0.2) is 4.98 Å². The highest BCUT2D eigenvalue weighted by molar-refractivity contribution is 5.52. The fourth-order valence-electron chi connectivity index (χ4n) is 6.75. The summed E-state index contributed by atoms with van der Waals surface area (Å²) < 4.78 is 2.33. The number of rotatable bonds is 5. The van der Waals surface area contributed by atoms with Gasteiger partial charge in [-0.3, -0.25) is 14.3 Å². The second-order valence-corrected chi connectivity index (χ2v) is 10.9. The number of piperidine rings is 2. The molecule has 3 aromatic heterocycles. The van der Waals surface area contributed by atoms with Crippen molar-refractivity contribution in [3.05, 3.63) is 59.7 Å². The van der Waals surface area contributed by atoms with Gasteiger partial charge in [-0.2, -0.15) is 0 Å². The molecule has 3 aromatic rings. The minimum Gasteiger partial charge on any atom is -0.358 e. The zero-order valence-electron chi connectivity index (χ0n) is 20.7. The Balaban J connectivity index is 1.23. The Labute approximate surface area is 203 Å². The van der Waals surface area contributed by atoms with Gasteiger partial charge < -0.3 is 9.80 Å². The fourth-order valence-corrected chi connectivity index (χ4v) is 6.75. The number of pyridine rings is 2. The summed E-state index contributed by atoms with van der Waals surface area (Å²) in [7, 11) is 4.37. The van der Waals surface area contributed by atoms with Crippen LogP contribution in [-0.4, -0.2) is 64.4 Å². The lowest BCUT2D eigenvalue weighted by molar-refractivity contribution is 0.0687. The van der Waals surface area contributed by atoms with Gasteiger partial charge in [0.15, 0.2) is 0 Å². The molecule has 0 aromatic carbocycles. The Bertz CT molecular complexity index is 1130. The van der Waals surface area contributed by atoms with Gasteiger partial charge in [-0.15, -0.1) is 0 Å². The monoisotopic (exact) mass is 458 g/mol. The molecular weight excluding hydrogens is 420 g/mol. The molecule has 34 heavy (non-hydrogen) atoms. The van der Waals surface area contributed by atoms with Crippen LogP contribution in [0.1, 0.15) is 55.1 Å². The molecule has 5 heterocycles. The number of nitrogens with zero attached hydrogens (tertiary/aromatic N) is 6.